The summed E-state index contributed by atoms with van der Waals surface area (Å²) in [5.41, 5.74) is 0. The van der Waals surface area contributed by atoms with Crippen LogP contribution in [0.1, 0.15) is 45.4 Å². The zero-order valence-corrected chi connectivity index (χ0v) is 10.6. The Morgan fingerprint density at radius 3 is 2.12 bits per heavy atom. The number of aliphatic hydroxyl groups is 1. The van der Waals surface area contributed by atoms with Gasteiger partial charge in [0, 0.05) is 20.3 Å². The van der Waals surface area contributed by atoms with Gasteiger partial charge >= 0.3 is 0 Å². The van der Waals surface area contributed by atoms with Crippen LogP contribution in [-0.4, -0.2) is 38.5 Å². The molecule has 0 rings (SSSR count). The van der Waals surface area contributed by atoms with Crippen molar-refractivity contribution in [3.63, 3.8) is 0 Å². The number of rotatable bonds is 12. The summed E-state index contributed by atoms with van der Waals surface area (Å²) < 4.78 is 15.5. The standard InChI is InChI=1S/C12H26O4/c1-3-15-12(14-2)16-11-9-7-5-4-6-8-10-13/h12-13H,3-11H2,1-2H3. The summed E-state index contributed by atoms with van der Waals surface area (Å²) in [7, 11) is 1.58. The van der Waals surface area contributed by atoms with E-state index in [-0.39, 0.29) is 0 Å². The second-order valence-electron chi connectivity index (χ2n) is 3.70. The highest BCUT2D eigenvalue weighted by Gasteiger charge is 2.04. The Labute approximate surface area is 98.9 Å². The van der Waals surface area contributed by atoms with Crippen molar-refractivity contribution in [1.82, 2.24) is 0 Å². The van der Waals surface area contributed by atoms with E-state index in [1.807, 2.05) is 6.92 Å². The first-order valence-electron chi connectivity index (χ1n) is 6.22. The predicted molar refractivity (Wildman–Crippen MR) is 63.2 cm³/mol. The number of hydrogen-bond donors (Lipinski definition) is 1. The fourth-order valence-corrected chi connectivity index (χ4v) is 1.42. The van der Waals surface area contributed by atoms with Gasteiger partial charge in [0.2, 0.25) is 0 Å². The average molecular weight is 234 g/mol. The van der Waals surface area contributed by atoms with Crippen molar-refractivity contribution in [3.05, 3.63) is 0 Å². The summed E-state index contributed by atoms with van der Waals surface area (Å²) in [4.78, 5) is 0. The van der Waals surface area contributed by atoms with Crippen molar-refractivity contribution in [2.75, 3.05) is 26.9 Å². The third-order valence-corrected chi connectivity index (χ3v) is 2.30. The van der Waals surface area contributed by atoms with Gasteiger partial charge in [-0.05, 0) is 19.8 Å². The molecule has 4 heteroatoms. The van der Waals surface area contributed by atoms with E-state index in [0.29, 0.717) is 19.8 Å². The van der Waals surface area contributed by atoms with E-state index in [2.05, 4.69) is 0 Å². The molecule has 0 aliphatic rings. The molecule has 0 aromatic rings. The van der Waals surface area contributed by atoms with Crippen LogP contribution in [-0.2, 0) is 14.2 Å². The number of methoxy groups -OCH3 is 1. The van der Waals surface area contributed by atoms with E-state index in [1.54, 1.807) is 7.11 Å². The van der Waals surface area contributed by atoms with Gasteiger partial charge in [-0.25, -0.2) is 0 Å². The Morgan fingerprint density at radius 2 is 1.56 bits per heavy atom. The molecule has 0 heterocycles. The Hall–Kier alpha value is -0.160. The smallest absolute Gasteiger partial charge is 0.271 e. The molecule has 1 unspecified atom stereocenters. The zero-order valence-electron chi connectivity index (χ0n) is 10.6. The lowest BCUT2D eigenvalue weighted by atomic mass is 10.1. The molecule has 1 atom stereocenters. The van der Waals surface area contributed by atoms with Crippen LogP contribution in [0.3, 0.4) is 0 Å². The van der Waals surface area contributed by atoms with Crippen LogP contribution in [0.15, 0.2) is 0 Å². The van der Waals surface area contributed by atoms with Crippen molar-refractivity contribution in [3.8, 4) is 0 Å². The summed E-state index contributed by atoms with van der Waals surface area (Å²) in [5.74, 6) is 0. The maximum Gasteiger partial charge on any atom is 0.271 e. The molecule has 16 heavy (non-hydrogen) atoms. The molecule has 98 valence electrons. The summed E-state index contributed by atoms with van der Waals surface area (Å²) >= 11 is 0. The molecule has 0 saturated heterocycles. The highest BCUT2D eigenvalue weighted by atomic mass is 16.8. The SMILES string of the molecule is CCOC(OC)OCCCCCCCCO. The van der Waals surface area contributed by atoms with E-state index in [9.17, 15) is 0 Å². The molecular weight excluding hydrogens is 208 g/mol. The molecule has 4 nitrogen and oxygen atoms in total. The number of aliphatic hydroxyl groups excluding tert-OH is 1. The summed E-state index contributed by atoms with van der Waals surface area (Å²) in [6.07, 6.45) is 6.64. The van der Waals surface area contributed by atoms with Gasteiger partial charge in [-0.3, -0.25) is 0 Å². The molecule has 0 aliphatic carbocycles. The van der Waals surface area contributed by atoms with Gasteiger partial charge < -0.3 is 19.3 Å². The molecule has 0 bridgehead atoms. The number of hydrogen-bond acceptors (Lipinski definition) is 4. The molecule has 0 radical (unpaired) electrons. The summed E-state index contributed by atoms with van der Waals surface area (Å²) in [6, 6.07) is 0. The lowest BCUT2D eigenvalue weighted by Crippen LogP contribution is -2.19. The lowest BCUT2D eigenvalue weighted by molar-refractivity contribution is -0.275. The van der Waals surface area contributed by atoms with Crippen LogP contribution in [0.25, 0.3) is 0 Å². The molecule has 1 N–H and O–H groups in total. The van der Waals surface area contributed by atoms with Gasteiger partial charge in [-0.1, -0.05) is 25.7 Å². The maximum absolute atomic E-state index is 8.60. The van der Waals surface area contributed by atoms with E-state index in [1.165, 1.54) is 12.8 Å². The Kier molecular flexibility index (Phi) is 12.8. The topological polar surface area (TPSA) is 47.9 Å². The fourth-order valence-electron chi connectivity index (χ4n) is 1.42. The van der Waals surface area contributed by atoms with E-state index < -0.39 is 6.48 Å². The second kappa shape index (κ2) is 12.9. The van der Waals surface area contributed by atoms with Crippen LogP contribution in [0.5, 0.6) is 0 Å². The summed E-state index contributed by atoms with van der Waals surface area (Å²) in [5, 5.41) is 8.60. The van der Waals surface area contributed by atoms with Crippen molar-refractivity contribution in [2.45, 2.75) is 51.9 Å². The highest BCUT2D eigenvalue weighted by molar-refractivity contribution is 4.44. The highest BCUT2D eigenvalue weighted by Crippen LogP contribution is 2.06. The van der Waals surface area contributed by atoms with Crippen molar-refractivity contribution in [2.24, 2.45) is 0 Å². The molecule has 0 aromatic heterocycles. The number of ether oxygens (including phenoxy) is 3. The van der Waals surface area contributed by atoms with Gasteiger partial charge in [-0.15, -0.1) is 0 Å². The quantitative estimate of drug-likeness (QED) is 0.416. The third-order valence-electron chi connectivity index (χ3n) is 2.30. The van der Waals surface area contributed by atoms with Gasteiger partial charge in [0.25, 0.3) is 6.48 Å². The maximum atomic E-state index is 8.60. The lowest BCUT2D eigenvalue weighted by Gasteiger charge is -2.15. The van der Waals surface area contributed by atoms with Crippen molar-refractivity contribution < 1.29 is 19.3 Å². The first kappa shape index (κ1) is 15.8. The van der Waals surface area contributed by atoms with Gasteiger partial charge in [-0.2, -0.15) is 0 Å². The second-order valence-corrected chi connectivity index (χ2v) is 3.70. The minimum Gasteiger partial charge on any atom is -0.396 e. The minimum atomic E-state index is -0.514. The molecule has 0 aromatic carbocycles. The first-order chi connectivity index (χ1) is 7.85. The van der Waals surface area contributed by atoms with Gasteiger partial charge in [0.1, 0.15) is 0 Å². The van der Waals surface area contributed by atoms with Crippen LogP contribution in [0.2, 0.25) is 0 Å². The Morgan fingerprint density at radius 1 is 0.938 bits per heavy atom. The first-order valence-corrected chi connectivity index (χ1v) is 6.22. The monoisotopic (exact) mass is 234 g/mol. The van der Waals surface area contributed by atoms with Crippen molar-refractivity contribution >= 4 is 0 Å². The molecule has 0 spiro atoms. The fraction of sp³-hybridized carbons (Fsp3) is 1.00. The third kappa shape index (κ3) is 10.4. The molecule has 0 fully saturated rings. The van der Waals surface area contributed by atoms with Crippen molar-refractivity contribution in [1.29, 1.82) is 0 Å². The molecular formula is C12H26O4. The van der Waals surface area contributed by atoms with Crippen LogP contribution in [0, 0.1) is 0 Å². The summed E-state index contributed by atoms with van der Waals surface area (Å²) in [6.45, 7) is 2.99. The normalized spacial score (nSPS) is 12.9. The van der Waals surface area contributed by atoms with Gasteiger partial charge in [0.05, 0.1) is 6.61 Å². The van der Waals surface area contributed by atoms with E-state index in [4.69, 9.17) is 19.3 Å². The number of unbranched alkanes of at least 4 members (excludes halogenated alkanes) is 5. The minimum absolute atomic E-state index is 0.312. The Bertz CT molecular complexity index is 130. The zero-order chi connectivity index (χ0) is 12.1. The van der Waals surface area contributed by atoms with Crippen LogP contribution < -0.4 is 0 Å². The molecule has 0 saturated carbocycles. The van der Waals surface area contributed by atoms with Crippen LogP contribution >= 0.6 is 0 Å². The molecule has 0 amide bonds. The van der Waals surface area contributed by atoms with E-state index >= 15 is 0 Å². The van der Waals surface area contributed by atoms with E-state index in [0.717, 1.165) is 25.7 Å². The average Bonchev–Trinajstić information content (AvgIpc) is 2.31. The Balaban J connectivity index is 3.12. The van der Waals surface area contributed by atoms with Crippen LogP contribution in [0.4, 0.5) is 0 Å². The predicted octanol–water partition coefficient (Wildman–Crippen LogP) is 2.30. The molecule has 0 aliphatic heterocycles. The largest absolute Gasteiger partial charge is 0.396 e. The van der Waals surface area contributed by atoms with Gasteiger partial charge in [0.15, 0.2) is 0 Å².